The third kappa shape index (κ3) is 4.81. The van der Waals surface area contributed by atoms with Crippen molar-refractivity contribution in [2.75, 3.05) is 42.3 Å². The molecule has 33 heavy (non-hydrogen) atoms. The number of hydrogen-bond donors (Lipinski definition) is 3. The van der Waals surface area contributed by atoms with Gasteiger partial charge >= 0.3 is 0 Å². The van der Waals surface area contributed by atoms with E-state index in [2.05, 4.69) is 20.2 Å². The molecule has 0 spiro atoms. The van der Waals surface area contributed by atoms with Gasteiger partial charge in [0.05, 0.1) is 36.4 Å². The first-order valence-electron chi connectivity index (χ1n) is 10.4. The molecule has 4 rings (SSSR count). The number of aromatic nitrogens is 2. The van der Waals surface area contributed by atoms with E-state index in [1.54, 1.807) is 43.6 Å². The van der Waals surface area contributed by atoms with Crippen LogP contribution in [0.3, 0.4) is 0 Å². The number of nitrogens with two attached hydrogens (primary N) is 1. The summed E-state index contributed by atoms with van der Waals surface area (Å²) in [6.07, 6.45) is 4.76. The van der Waals surface area contributed by atoms with Crippen LogP contribution in [0.15, 0.2) is 48.9 Å². The van der Waals surface area contributed by atoms with Gasteiger partial charge in [-0.3, -0.25) is 15.2 Å². The molecule has 0 radical (unpaired) electrons. The molecule has 1 aromatic carbocycles. The van der Waals surface area contributed by atoms with Crippen LogP contribution in [0.1, 0.15) is 32.7 Å². The molecule has 0 atom stereocenters. The predicted molar refractivity (Wildman–Crippen MR) is 126 cm³/mol. The average Bonchev–Trinajstić information content (AvgIpc) is 2.85. The van der Waals surface area contributed by atoms with Crippen molar-refractivity contribution < 1.29 is 9.53 Å². The fraction of sp³-hybridized carbons (Fsp3) is 0.208. The molecule has 1 saturated heterocycles. The zero-order valence-electron chi connectivity index (χ0n) is 18.1. The summed E-state index contributed by atoms with van der Waals surface area (Å²) < 4.78 is 5.41. The van der Waals surface area contributed by atoms with Crippen LogP contribution in [0.2, 0.25) is 0 Å². The number of nitrogens with zero attached hydrogens (tertiary/aromatic N) is 4. The van der Waals surface area contributed by atoms with Crippen molar-refractivity contribution in [3.05, 3.63) is 76.9 Å². The molecule has 9 heteroatoms. The summed E-state index contributed by atoms with van der Waals surface area (Å²) in [5, 5.41) is 20.5. The van der Waals surface area contributed by atoms with Crippen LogP contribution in [-0.4, -0.2) is 47.9 Å². The van der Waals surface area contributed by atoms with Crippen molar-refractivity contribution in [1.29, 1.82) is 10.7 Å². The lowest BCUT2D eigenvalue weighted by Gasteiger charge is -2.28. The highest BCUT2D eigenvalue weighted by atomic mass is 16.5. The fourth-order valence-electron chi connectivity index (χ4n) is 3.63. The van der Waals surface area contributed by atoms with E-state index in [0.29, 0.717) is 46.8 Å². The summed E-state index contributed by atoms with van der Waals surface area (Å²) in [6, 6.07) is 10.5. The lowest BCUT2D eigenvalue weighted by Crippen LogP contribution is -2.36. The van der Waals surface area contributed by atoms with Crippen LogP contribution in [0, 0.1) is 23.7 Å². The van der Waals surface area contributed by atoms with Crippen molar-refractivity contribution >= 4 is 28.7 Å². The fourth-order valence-corrected chi connectivity index (χ4v) is 3.63. The lowest BCUT2D eigenvalue weighted by molar-refractivity contribution is 0.102. The van der Waals surface area contributed by atoms with E-state index in [1.807, 2.05) is 12.1 Å². The van der Waals surface area contributed by atoms with Gasteiger partial charge in [-0.1, -0.05) is 0 Å². The number of nitrogen functional groups attached to an aromatic ring is 1. The number of rotatable bonds is 5. The minimum absolute atomic E-state index is 0.207. The van der Waals surface area contributed by atoms with Gasteiger partial charge in [0.1, 0.15) is 11.8 Å². The Kier molecular flexibility index (Phi) is 6.29. The number of nitriles is 1. The van der Waals surface area contributed by atoms with Crippen molar-refractivity contribution in [3.8, 4) is 6.07 Å². The molecule has 4 N–H and O–H groups in total. The Balaban J connectivity index is 1.57. The van der Waals surface area contributed by atoms with Crippen LogP contribution < -0.4 is 16.0 Å². The van der Waals surface area contributed by atoms with Gasteiger partial charge in [0.15, 0.2) is 0 Å². The Morgan fingerprint density at radius 1 is 1.21 bits per heavy atom. The van der Waals surface area contributed by atoms with Crippen LogP contribution in [0.4, 0.5) is 17.1 Å². The summed E-state index contributed by atoms with van der Waals surface area (Å²) in [5.74, 6) is -0.407. The first-order valence-corrected chi connectivity index (χ1v) is 10.4. The number of ether oxygens (including phenoxy) is 1. The van der Waals surface area contributed by atoms with Crippen molar-refractivity contribution in [1.82, 2.24) is 9.97 Å². The molecule has 9 nitrogen and oxygen atoms in total. The molecule has 3 heterocycles. The summed E-state index contributed by atoms with van der Waals surface area (Å²) in [5.41, 5.74) is 10.5. The largest absolute Gasteiger partial charge is 0.398 e. The van der Waals surface area contributed by atoms with E-state index in [0.717, 1.165) is 18.8 Å². The quantitative estimate of drug-likeness (QED) is 0.408. The molecule has 3 aromatic rings. The SMILES string of the molecule is Cc1cc(C#N)cnc1C(=O)Nc1ccc(N)c(C(=N)c2cncc(N3CCOCC3)c2)c1. The van der Waals surface area contributed by atoms with Crippen LogP contribution in [0.5, 0.6) is 0 Å². The van der Waals surface area contributed by atoms with E-state index < -0.39 is 5.91 Å². The molecule has 0 bridgehead atoms. The zero-order chi connectivity index (χ0) is 23.4. The smallest absolute Gasteiger partial charge is 0.274 e. The second kappa shape index (κ2) is 9.46. The van der Waals surface area contributed by atoms with E-state index in [4.69, 9.17) is 21.1 Å². The number of hydrogen-bond acceptors (Lipinski definition) is 8. The molecule has 1 fully saturated rings. The molecule has 166 valence electrons. The van der Waals surface area contributed by atoms with E-state index in [1.165, 1.54) is 6.20 Å². The van der Waals surface area contributed by atoms with Gasteiger partial charge in [0.2, 0.25) is 0 Å². The molecule has 0 aliphatic carbocycles. The number of morpholine rings is 1. The normalized spacial score (nSPS) is 13.3. The second-order valence-electron chi connectivity index (χ2n) is 7.66. The summed E-state index contributed by atoms with van der Waals surface area (Å²) in [6.45, 7) is 4.57. The van der Waals surface area contributed by atoms with Gasteiger partial charge < -0.3 is 20.7 Å². The molecule has 1 aliphatic heterocycles. The Bertz CT molecular complexity index is 1260. The first kappa shape index (κ1) is 21.9. The minimum atomic E-state index is -0.407. The van der Waals surface area contributed by atoms with Crippen LogP contribution in [0.25, 0.3) is 0 Å². The molecule has 1 amide bonds. The van der Waals surface area contributed by atoms with Crippen LogP contribution in [-0.2, 0) is 4.74 Å². The second-order valence-corrected chi connectivity index (χ2v) is 7.66. The summed E-state index contributed by atoms with van der Waals surface area (Å²) >= 11 is 0. The van der Waals surface area contributed by atoms with E-state index in [9.17, 15) is 4.79 Å². The number of pyridine rings is 2. The Labute approximate surface area is 191 Å². The maximum Gasteiger partial charge on any atom is 0.274 e. The third-order valence-electron chi connectivity index (χ3n) is 5.39. The molecule has 0 unspecified atom stereocenters. The van der Waals surface area contributed by atoms with E-state index in [-0.39, 0.29) is 11.4 Å². The topological polar surface area (TPSA) is 141 Å². The Hall–Kier alpha value is -4.29. The van der Waals surface area contributed by atoms with Crippen molar-refractivity contribution in [2.45, 2.75) is 6.92 Å². The number of amides is 1. The number of benzene rings is 1. The monoisotopic (exact) mass is 441 g/mol. The average molecular weight is 441 g/mol. The number of carbonyl (C=O) groups is 1. The first-order chi connectivity index (χ1) is 16.0. The summed E-state index contributed by atoms with van der Waals surface area (Å²) in [7, 11) is 0. The van der Waals surface area contributed by atoms with Gasteiger partial charge in [-0.2, -0.15) is 5.26 Å². The van der Waals surface area contributed by atoms with Gasteiger partial charge in [0, 0.05) is 48.0 Å². The van der Waals surface area contributed by atoms with Crippen molar-refractivity contribution in [2.24, 2.45) is 0 Å². The molecule has 1 aliphatic rings. The van der Waals surface area contributed by atoms with Crippen molar-refractivity contribution in [3.63, 3.8) is 0 Å². The van der Waals surface area contributed by atoms with Gasteiger partial charge in [-0.15, -0.1) is 0 Å². The van der Waals surface area contributed by atoms with E-state index >= 15 is 0 Å². The lowest BCUT2D eigenvalue weighted by atomic mass is 10.0. The maximum atomic E-state index is 12.7. The predicted octanol–water partition coefficient (Wildman–Crippen LogP) is 2.74. The number of nitrogens with one attached hydrogen (secondary N) is 2. The highest BCUT2D eigenvalue weighted by molar-refractivity contribution is 6.15. The highest BCUT2D eigenvalue weighted by Gasteiger charge is 2.17. The summed E-state index contributed by atoms with van der Waals surface area (Å²) in [4.78, 5) is 23.3. The third-order valence-corrected chi connectivity index (χ3v) is 5.39. The zero-order valence-corrected chi connectivity index (χ0v) is 18.1. The molecule has 2 aromatic heterocycles. The molecular weight excluding hydrogens is 418 g/mol. The van der Waals surface area contributed by atoms with Gasteiger partial charge in [0.25, 0.3) is 5.91 Å². The van der Waals surface area contributed by atoms with Crippen LogP contribution >= 0.6 is 0 Å². The number of aryl methyl sites for hydroxylation is 1. The maximum absolute atomic E-state index is 12.7. The van der Waals surface area contributed by atoms with Gasteiger partial charge in [-0.05, 0) is 42.8 Å². The number of anilines is 3. The molecular formula is C24H23N7O2. The molecule has 0 saturated carbocycles. The Morgan fingerprint density at radius 3 is 2.73 bits per heavy atom. The highest BCUT2D eigenvalue weighted by Crippen LogP contribution is 2.24. The standard InChI is InChI=1S/C24H23N7O2/c1-15-8-16(11-25)12-29-23(15)24(32)30-18-2-3-21(26)20(10-18)22(27)17-9-19(14-28-13-17)31-4-6-33-7-5-31/h2-3,8-10,12-14,27H,4-7,26H2,1H3,(H,30,32). The number of carbonyl (C=O) groups excluding carboxylic acids is 1. The Morgan fingerprint density at radius 2 is 2.00 bits per heavy atom. The van der Waals surface area contributed by atoms with Gasteiger partial charge in [-0.25, -0.2) is 4.98 Å². The minimum Gasteiger partial charge on any atom is -0.398 e.